The lowest BCUT2D eigenvalue weighted by Crippen LogP contribution is -1.87. The molecular weight excluding hydrogens is 176 g/mol. The van der Waals surface area contributed by atoms with Gasteiger partial charge in [0.1, 0.15) is 5.75 Å². The molecule has 1 aromatic rings. The molecule has 0 heterocycles. The van der Waals surface area contributed by atoms with Crippen LogP contribution in [0.2, 0.25) is 0 Å². The molecule has 0 aromatic heterocycles. The van der Waals surface area contributed by atoms with Gasteiger partial charge in [-0.3, -0.25) is 4.79 Å². The fourth-order valence-electron chi connectivity index (χ4n) is 1.42. The number of aldehydes is 1. The van der Waals surface area contributed by atoms with Gasteiger partial charge in [-0.15, -0.1) is 0 Å². The van der Waals surface area contributed by atoms with Crippen molar-refractivity contribution in [2.75, 3.05) is 0 Å². The second kappa shape index (κ2) is 4.61. The fourth-order valence-corrected chi connectivity index (χ4v) is 1.42. The first-order valence-electron chi connectivity index (χ1n) is 4.66. The molecule has 74 valence electrons. The number of hydrogen-bond donors (Lipinski definition) is 1. The molecule has 1 rings (SSSR count). The van der Waals surface area contributed by atoms with E-state index in [9.17, 15) is 9.90 Å². The first-order chi connectivity index (χ1) is 6.72. The molecule has 0 aliphatic carbocycles. The monoisotopic (exact) mass is 190 g/mol. The molecule has 0 saturated carbocycles. The summed E-state index contributed by atoms with van der Waals surface area (Å²) in [6, 6.07) is 5.08. The summed E-state index contributed by atoms with van der Waals surface area (Å²) < 4.78 is 0. The summed E-state index contributed by atoms with van der Waals surface area (Å²) in [5.41, 5.74) is 2.51. The number of carbonyl (C=O) groups is 1. The molecule has 0 amide bonds. The van der Waals surface area contributed by atoms with Crippen molar-refractivity contribution < 1.29 is 9.90 Å². The normalized spacial score (nSPS) is 11.4. The summed E-state index contributed by atoms with van der Waals surface area (Å²) in [4.78, 5) is 10.6. The highest BCUT2D eigenvalue weighted by molar-refractivity contribution is 5.82. The molecule has 1 N–H and O–H groups in total. The number of hydrogen-bond acceptors (Lipinski definition) is 2. The predicted molar refractivity (Wildman–Crippen MR) is 57.4 cm³/mol. The number of carbonyl (C=O) groups excluding carboxylic acids is 1. The summed E-state index contributed by atoms with van der Waals surface area (Å²) >= 11 is 0. The second-order valence-electron chi connectivity index (χ2n) is 3.06. The van der Waals surface area contributed by atoms with E-state index < -0.39 is 0 Å². The highest BCUT2D eigenvalue weighted by Gasteiger charge is 2.03. The quantitative estimate of drug-likeness (QED) is 0.744. The minimum Gasteiger partial charge on any atom is -0.507 e. The first-order valence-corrected chi connectivity index (χ1v) is 4.66. The van der Waals surface area contributed by atoms with Crippen LogP contribution in [0.5, 0.6) is 5.75 Å². The third kappa shape index (κ3) is 2.02. The Morgan fingerprint density at radius 2 is 2.21 bits per heavy atom. The van der Waals surface area contributed by atoms with Crippen molar-refractivity contribution in [2.24, 2.45) is 0 Å². The molecule has 0 aliphatic heterocycles. The van der Waals surface area contributed by atoms with E-state index in [0.717, 1.165) is 12.0 Å². The maximum Gasteiger partial charge on any atom is 0.153 e. The van der Waals surface area contributed by atoms with Crippen LogP contribution in [0.1, 0.15) is 36.2 Å². The van der Waals surface area contributed by atoms with Crippen molar-refractivity contribution in [3.63, 3.8) is 0 Å². The van der Waals surface area contributed by atoms with Gasteiger partial charge >= 0.3 is 0 Å². The van der Waals surface area contributed by atoms with Gasteiger partial charge in [-0.05, 0) is 36.6 Å². The Morgan fingerprint density at radius 1 is 1.50 bits per heavy atom. The van der Waals surface area contributed by atoms with Gasteiger partial charge in [0.2, 0.25) is 0 Å². The van der Waals surface area contributed by atoms with Crippen LogP contribution in [0.3, 0.4) is 0 Å². The first kappa shape index (κ1) is 10.5. The molecule has 0 unspecified atom stereocenters. The molecule has 14 heavy (non-hydrogen) atoms. The van der Waals surface area contributed by atoms with E-state index in [4.69, 9.17) is 0 Å². The Hall–Kier alpha value is -1.57. The van der Waals surface area contributed by atoms with Crippen LogP contribution in [0.15, 0.2) is 24.3 Å². The van der Waals surface area contributed by atoms with Crippen LogP contribution >= 0.6 is 0 Å². The van der Waals surface area contributed by atoms with Crippen molar-refractivity contribution in [1.82, 2.24) is 0 Å². The van der Waals surface area contributed by atoms with Crippen molar-refractivity contribution >= 4 is 11.9 Å². The van der Waals surface area contributed by atoms with Crippen molar-refractivity contribution in [2.45, 2.75) is 20.3 Å². The lowest BCUT2D eigenvalue weighted by molar-refractivity contribution is 0.112. The van der Waals surface area contributed by atoms with Crippen molar-refractivity contribution in [1.29, 1.82) is 0 Å². The second-order valence-corrected chi connectivity index (χ2v) is 3.06. The van der Waals surface area contributed by atoms with Gasteiger partial charge in [0, 0.05) is 0 Å². The van der Waals surface area contributed by atoms with Crippen LogP contribution in [-0.2, 0) is 0 Å². The lowest BCUT2D eigenvalue weighted by atomic mass is 10.0. The topological polar surface area (TPSA) is 37.3 Å². The maximum absolute atomic E-state index is 10.6. The van der Waals surface area contributed by atoms with E-state index in [1.807, 2.05) is 19.1 Å². The van der Waals surface area contributed by atoms with Gasteiger partial charge in [0.25, 0.3) is 0 Å². The predicted octanol–water partition coefficient (Wildman–Crippen LogP) is 3.02. The van der Waals surface area contributed by atoms with Gasteiger partial charge in [0.15, 0.2) is 6.29 Å². The Labute approximate surface area is 83.9 Å². The van der Waals surface area contributed by atoms with Gasteiger partial charge < -0.3 is 5.11 Å². The van der Waals surface area contributed by atoms with E-state index in [-0.39, 0.29) is 5.75 Å². The average molecular weight is 190 g/mol. The van der Waals surface area contributed by atoms with Crippen molar-refractivity contribution in [3.05, 3.63) is 35.4 Å². The molecule has 2 heteroatoms. The van der Waals surface area contributed by atoms with Crippen LogP contribution in [0, 0.1) is 0 Å². The zero-order valence-corrected chi connectivity index (χ0v) is 8.45. The minimum absolute atomic E-state index is 0.0373. The number of aromatic hydroxyl groups is 1. The zero-order chi connectivity index (χ0) is 10.6. The summed E-state index contributed by atoms with van der Waals surface area (Å²) in [6.45, 7) is 4.02. The van der Waals surface area contributed by atoms with Gasteiger partial charge in [-0.2, -0.15) is 0 Å². The Kier molecular flexibility index (Phi) is 3.46. The fraction of sp³-hybridized carbons (Fsp3) is 0.250. The number of allylic oxidation sites excluding steroid dienone is 2. The summed E-state index contributed by atoms with van der Waals surface area (Å²) in [7, 11) is 0. The van der Waals surface area contributed by atoms with E-state index in [0.29, 0.717) is 11.8 Å². The minimum atomic E-state index is 0.0373. The van der Waals surface area contributed by atoms with Crippen LogP contribution in [0.25, 0.3) is 5.57 Å². The summed E-state index contributed by atoms with van der Waals surface area (Å²) in [5, 5.41) is 9.31. The van der Waals surface area contributed by atoms with E-state index >= 15 is 0 Å². The largest absolute Gasteiger partial charge is 0.507 e. The van der Waals surface area contributed by atoms with Crippen LogP contribution in [-0.4, -0.2) is 11.4 Å². The number of phenols is 1. The molecule has 0 spiro atoms. The highest BCUT2D eigenvalue weighted by atomic mass is 16.3. The molecule has 0 bridgehead atoms. The Morgan fingerprint density at radius 3 is 2.71 bits per heavy atom. The summed E-state index contributed by atoms with van der Waals surface area (Å²) in [6.07, 6.45) is 3.60. The molecule has 0 fully saturated rings. The number of benzene rings is 1. The maximum atomic E-state index is 10.6. The average Bonchev–Trinajstić information content (AvgIpc) is 2.22. The Bertz CT molecular complexity index is 365. The molecule has 0 saturated heterocycles. The molecule has 2 nitrogen and oxygen atoms in total. The smallest absolute Gasteiger partial charge is 0.153 e. The Balaban J connectivity index is 3.18. The molecular formula is C12H14O2. The molecule has 0 aliphatic rings. The lowest BCUT2D eigenvalue weighted by Gasteiger charge is -2.05. The van der Waals surface area contributed by atoms with Gasteiger partial charge in [-0.1, -0.05) is 19.1 Å². The third-order valence-corrected chi connectivity index (χ3v) is 2.25. The van der Waals surface area contributed by atoms with E-state index in [1.165, 1.54) is 5.57 Å². The third-order valence-electron chi connectivity index (χ3n) is 2.25. The van der Waals surface area contributed by atoms with Gasteiger partial charge in [0.05, 0.1) is 5.56 Å². The molecule has 1 aromatic carbocycles. The van der Waals surface area contributed by atoms with Crippen molar-refractivity contribution in [3.8, 4) is 5.75 Å². The van der Waals surface area contributed by atoms with E-state index in [1.54, 1.807) is 12.1 Å². The molecule has 0 atom stereocenters. The van der Waals surface area contributed by atoms with Crippen LogP contribution in [0.4, 0.5) is 0 Å². The SMILES string of the molecule is C/C=C(/CC)c1ccc(O)c(C=O)c1. The van der Waals surface area contributed by atoms with Crippen LogP contribution < -0.4 is 0 Å². The zero-order valence-electron chi connectivity index (χ0n) is 8.45. The number of rotatable bonds is 3. The summed E-state index contributed by atoms with van der Waals surface area (Å²) in [5.74, 6) is 0.0373. The highest BCUT2D eigenvalue weighted by Crippen LogP contribution is 2.23. The number of phenolic OH excluding ortho intramolecular Hbond substituents is 1. The van der Waals surface area contributed by atoms with E-state index in [2.05, 4.69) is 6.92 Å². The molecule has 0 radical (unpaired) electrons. The standard InChI is InChI=1S/C12H14O2/c1-3-9(4-2)10-5-6-12(14)11(7-10)8-13/h3,5-8,14H,4H2,1-2H3/b9-3-. The van der Waals surface area contributed by atoms with Gasteiger partial charge in [-0.25, -0.2) is 0 Å².